The number of likely N-dealkylation sites (tertiary alicyclic amines) is 1. The van der Waals surface area contributed by atoms with Crippen molar-refractivity contribution in [1.29, 1.82) is 0 Å². The third kappa shape index (κ3) is 6.30. The molecule has 0 saturated carbocycles. The monoisotopic (exact) mass is 325 g/mol. The van der Waals surface area contributed by atoms with Crippen molar-refractivity contribution < 1.29 is 9.53 Å². The lowest BCUT2D eigenvalue weighted by atomic mass is 9.91. The van der Waals surface area contributed by atoms with Gasteiger partial charge in [0.1, 0.15) is 5.60 Å². The molecule has 3 unspecified atom stereocenters. The van der Waals surface area contributed by atoms with Gasteiger partial charge in [0.25, 0.3) is 0 Å². The fraction of sp³-hybridized carbons (Fsp3) is 0.944. The third-order valence-electron chi connectivity index (χ3n) is 4.89. The number of carbonyl (C=O) groups excluding carboxylic acids is 1. The van der Waals surface area contributed by atoms with E-state index in [1.807, 2.05) is 25.7 Å². The second-order valence-corrected chi connectivity index (χ2v) is 8.16. The van der Waals surface area contributed by atoms with Crippen molar-refractivity contribution >= 4 is 6.09 Å². The molecule has 1 amide bonds. The predicted octanol–water partition coefficient (Wildman–Crippen LogP) is 2.75. The van der Waals surface area contributed by atoms with Crippen molar-refractivity contribution in [3.63, 3.8) is 0 Å². The summed E-state index contributed by atoms with van der Waals surface area (Å²) in [5.74, 6) is 0.521. The first-order valence-corrected chi connectivity index (χ1v) is 9.30. The highest BCUT2D eigenvalue weighted by molar-refractivity contribution is 5.68. The van der Waals surface area contributed by atoms with E-state index in [1.165, 1.54) is 25.7 Å². The molecule has 23 heavy (non-hydrogen) atoms. The van der Waals surface area contributed by atoms with E-state index >= 15 is 0 Å². The molecule has 2 heterocycles. The fourth-order valence-corrected chi connectivity index (χ4v) is 3.60. The van der Waals surface area contributed by atoms with Gasteiger partial charge in [-0.05, 0) is 78.8 Å². The highest BCUT2D eigenvalue weighted by atomic mass is 16.6. The molecule has 0 bridgehead atoms. The number of ether oxygens (including phenoxy) is 1. The zero-order valence-corrected chi connectivity index (χ0v) is 15.4. The predicted molar refractivity (Wildman–Crippen MR) is 93.6 cm³/mol. The topological polar surface area (TPSA) is 53.6 Å². The van der Waals surface area contributed by atoms with Crippen LogP contribution in [0, 0.1) is 5.92 Å². The number of amides is 1. The van der Waals surface area contributed by atoms with Gasteiger partial charge in [-0.15, -0.1) is 0 Å². The summed E-state index contributed by atoms with van der Waals surface area (Å²) in [5, 5.41) is 7.28. The Morgan fingerprint density at radius 2 is 2.00 bits per heavy atom. The van der Waals surface area contributed by atoms with Crippen LogP contribution in [0.2, 0.25) is 0 Å². The maximum absolute atomic E-state index is 12.3. The molecule has 3 atom stereocenters. The van der Waals surface area contributed by atoms with Crippen LogP contribution >= 0.6 is 0 Å². The van der Waals surface area contributed by atoms with E-state index in [-0.39, 0.29) is 6.09 Å². The summed E-state index contributed by atoms with van der Waals surface area (Å²) in [7, 11) is 0. The average Bonchev–Trinajstić information content (AvgIpc) is 2.74. The maximum atomic E-state index is 12.3. The number of rotatable bonds is 3. The Kier molecular flexibility index (Phi) is 6.72. The molecule has 2 aliphatic rings. The molecule has 5 heteroatoms. The van der Waals surface area contributed by atoms with Gasteiger partial charge in [0, 0.05) is 25.2 Å². The summed E-state index contributed by atoms with van der Waals surface area (Å²) < 4.78 is 5.53. The van der Waals surface area contributed by atoms with Crippen molar-refractivity contribution in [1.82, 2.24) is 15.5 Å². The fourth-order valence-electron chi connectivity index (χ4n) is 3.60. The van der Waals surface area contributed by atoms with Crippen LogP contribution in [0.1, 0.15) is 59.8 Å². The van der Waals surface area contributed by atoms with Gasteiger partial charge >= 0.3 is 6.09 Å². The number of piperidine rings is 1. The number of hydrogen-bond donors (Lipinski definition) is 2. The van der Waals surface area contributed by atoms with Gasteiger partial charge in [-0.3, -0.25) is 0 Å². The first-order valence-electron chi connectivity index (χ1n) is 9.30. The molecule has 2 saturated heterocycles. The first kappa shape index (κ1) is 18.5. The molecule has 0 aromatic heterocycles. The summed E-state index contributed by atoms with van der Waals surface area (Å²) in [4.78, 5) is 14.2. The molecular formula is C18H35N3O2. The minimum Gasteiger partial charge on any atom is -0.444 e. The molecule has 2 rings (SSSR count). The molecule has 0 aromatic rings. The summed E-state index contributed by atoms with van der Waals surface area (Å²) in [6, 6.07) is 1.06. The molecule has 134 valence electrons. The van der Waals surface area contributed by atoms with Crippen LogP contribution in [-0.2, 0) is 4.74 Å². The van der Waals surface area contributed by atoms with Crippen molar-refractivity contribution in [2.24, 2.45) is 5.92 Å². The van der Waals surface area contributed by atoms with Gasteiger partial charge in [0.05, 0.1) is 0 Å². The van der Waals surface area contributed by atoms with E-state index < -0.39 is 5.60 Å². The highest BCUT2D eigenvalue weighted by Gasteiger charge is 2.30. The van der Waals surface area contributed by atoms with Crippen molar-refractivity contribution in [2.45, 2.75) is 77.5 Å². The minimum atomic E-state index is -0.415. The van der Waals surface area contributed by atoms with Gasteiger partial charge in [-0.1, -0.05) is 0 Å². The van der Waals surface area contributed by atoms with Crippen LogP contribution in [-0.4, -0.2) is 54.9 Å². The molecular weight excluding hydrogens is 290 g/mol. The molecule has 0 aliphatic carbocycles. The van der Waals surface area contributed by atoms with E-state index in [9.17, 15) is 4.79 Å². The van der Waals surface area contributed by atoms with E-state index in [1.54, 1.807) is 0 Å². The molecule has 2 aliphatic heterocycles. The van der Waals surface area contributed by atoms with E-state index in [4.69, 9.17) is 4.74 Å². The number of nitrogens with zero attached hydrogens (tertiary/aromatic N) is 1. The summed E-state index contributed by atoms with van der Waals surface area (Å²) in [6.45, 7) is 12.0. The van der Waals surface area contributed by atoms with Crippen LogP contribution in [0.4, 0.5) is 4.79 Å². The lowest BCUT2D eigenvalue weighted by Gasteiger charge is -2.38. The Hall–Kier alpha value is -0.810. The summed E-state index contributed by atoms with van der Waals surface area (Å²) in [6.07, 6.45) is 5.81. The SMILES string of the molecule is CC(NC1CCCNCC1)C1CCCN(C(=O)OC(C)(C)C)C1. The molecule has 0 radical (unpaired) electrons. The summed E-state index contributed by atoms with van der Waals surface area (Å²) in [5.41, 5.74) is -0.415. The maximum Gasteiger partial charge on any atom is 0.410 e. The molecule has 2 fully saturated rings. The van der Waals surface area contributed by atoms with Crippen LogP contribution in [0.25, 0.3) is 0 Å². The second-order valence-electron chi connectivity index (χ2n) is 8.16. The Bertz CT molecular complexity index is 373. The number of nitrogens with one attached hydrogen (secondary N) is 2. The molecule has 5 nitrogen and oxygen atoms in total. The Morgan fingerprint density at radius 3 is 2.74 bits per heavy atom. The van der Waals surface area contributed by atoms with Gasteiger partial charge < -0.3 is 20.3 Å². The average molecular weight is 325 g/mol. The van der Waals surface area contributed by atoms with Gasteiger partial charge in [0.2, 0.25) is 0 Å². The standard InChI is InChI=1S/C18H35N3O2/c1-14(20-16-8-5-10-19-11-9-16)15-7-6-12-21(13-15)17(22)23-18(2,3)4/h14-16,19-20H,5-13H2,1-4H3. The van der Waals surface area contributed by atoms with E-state index in [2.05, 4.69) is 17.6 Å². The minimum absolute atomic E-state index is 0.159. The highest BCUT2D eigenvalue weighted by Crippen LogP contribution is 2.22. The van der Waals surface area contributed by atoms with Crippen LogP contribution in [0.15, 0.2) is 0 Å². The van der Waals surface area contributed by atoms with E-state index in [0.717, 1.165) is 32.6 Å². The van der Waals surface area contributed by atoms with Crippen molar-refractivity contribution in [3.05, 3.63) is 0 Å². The largest absolute Gasteiger partial charge is 0.444 e. The van der Waals surface area contributed by atoms with Gasteiger partial charge in [-0.2, -0.15) is 0 Å². The van der Waals surface area contributed by atoms with Gasteiger partial charge in [-0.25, -0.2) is 4.79 Å². The zero-order chi connectivity index (χ0) is 16.9. The first-order chi connectivity index (χ1) is 10.8. The van der Waals surface area contributed by atoms with E-state index in [0.29, 0.717) is 18.0 Å². The quantitative estimate of drug-likeness (QED) is 0.838. The summed E-state index contributed by atoms with van der Waals surface area (Å²) >= 11 is 0. The van der Waals surface area contributed by atoms with Crippen LogP contribution in [0.3, 0.4) is 0 Å². The normalized spacial score (nSPS) is 28.1. The smallest absolute Gasteiger partial charge is 0.410 e. The lowest BCUT2D eigenvalue weighted by molar-refractivity contribution is 0.0146. The van der Waals surface area contributed by atoms with Crippen LogP contribution < -0.4 is 10.6 Å². The molecule has 0 spiro atoms. The third-order valence-corrected chi connectivity index (χ3v) is 4.89. The van der Waals surface area contributed by atoms with Crippen molar-refractivity contribution in [3.8, 4) is 0 Å². The van der Waals surface area contributed by atoms with Gasteiger partial charge in [0.15, 0.2) is 0 Å². The molecule has 0 aromatic carbocycles. The lowest BCUT2D eigenvalue weighted by Crippen LogP contribution is -2.49. The number of hydrogen-bond acceptors (Lipinski definition) is 4. The Labute approximate surface area is 141 Å². The number of carbonyl (C=O) groups is 1. The van der Waals surface area contributed by atoms with Crippen molar-refractivity contribution in [2.75, 3.05) is 26.2 Å². The Balaban J connectivity index is 1.83. The molecule has 2 N–H and O–H groups in total. The zero-order valence-electron chi connectivity index (χ0n) is 15.4. The Morgan fingerprint density at radius 1 is 1.22 bits per heavy atom. The second kappa shape index (κ2) is 8.34. The van der Waals surface area contributed by atoms with Crippen LogP contribution in [0.5, 0.6) is 0 Å².